The first-order valence-corrected chi connectivity index (χ1v) is 6.00. The maximum Gasteiger partial charge on any atom is 0.0975 e. The molecule has 0 saturated heterocycles. The molecule has 0 radical (unpaired) electrons. The van der Waals surface area contributed by atoms with Crippen LogP contribution in [0.15, 0.2) is 24.3 Å². The Morgan fingerprint density at radius 3 is 3.00 bits per heavy atom. The maximum atomic E-state index is 5.84. The highest BCUT2D eigenvalue weighted by molar-refractivity contribution is 5.85. The van der Waals surface area contributed by atoms with Crippen molar-refractivity contribution in [1.82, 2.24) is 4.57 Å². The fourth-order valence-corrected chi connectivity index (χ4v) is 2.86. The number of fused-ring (bicyclic) bond motifs is 3. The van der Waals surface area contributed by atoms with Crippen molar-refractivity contribution in [1.29, 1.82) is 0 Å². The summed E-state index contributed by atoms with van der Waals surface area (Å²) in [4.78, 5) is 0. The number of benzene rings is 1. The van der Waals surface area contributed by atoms with Gasteiger partial charge in [0.1, 0.15) is 0 Å². The lowest BCUT2D eigenvalue weighted by atomic mass is 10.0. The molecule has 3 rings (SSSR count). The van der Waals surface area contributed by atoms with Gasteiger partial charge in [0.2, 0.25) is 0 Å². The van der Waals surface area contributed by atoms with Gasteiger partial charge in [0, 0.05) is 18.0 Å². The highest BCUT2D eigenvalue weighted by Gasteiger charge is 2.25. The molecule has 2 heteroatoms. The number of hydrogen-bond donors (Lipinski definition) is 0. The van der Waals surface area contributed by atoms with Gasteiger partial charge in [-0.2, -0.15) is 0 Å². The summed E-state index contributed by atoms with van der Waals surface area (Å²) < 4.78 is 8.15. The van der Waals surface area contributed by atoms with E-state index in [4.69, 9.17) is 4.74 Å². The van der Waals surface area contributed by atoms with Gasteiger partial charge in [-0.15, -0.1) is 0 Å². The summed E-state index contributed by atoms with van der Waals surface area (Å²) in [5, 5.41) is 1.40. The van der Waals surface area contributed by atoms with E-state index in [0.717, 1.165) is 19.4 Å². The summed E-state index contributed by atoms with van der Waals surface area (Å²) in [6.45, 7) is 3.05. The second kappa shape index (κ2) is 3.63. The van der Waals surface area contributed by atoms with Gasteiger partial charge in [0.15, 0.2) is 0 Å². The third-order valence-electron chi connectivity index (χ3n) is 3.61. The van der Waals surface area contributed by atoms with Crippen LogP contribution in [0, 0.1) is 0 Å². The number of hydrogen-bond acceptors (Lipinski definition) is 1. The van der Waals surface area contributed by atoms with Crippen molar-refractivity contribution in [2.75, 3.05) is 6.61 Å². The van der Waals surface area contributed by atoms with Crippen LogP contribution in [0.3, 0.4) is 0 Å². The third kappa shape index (κ3) is 1.23. The summed E-state index contributed by atoms with van der Waals surface area (Å²) >= 11 is 0. The molecule has 0 bridgehead atoms. The molecule has 16 heavy (non-hydrogen) atoms. The lowest BCUT2D eigenvalue weighted by Gasteiger charge is -2.24. The molecule has 0 saturated carbocycles. The van der Waals surface area contributed by atoms with Gasteiger partial charge in [-0.3, -0.25) is 0 Å². The molecule has 1 aliphatic rings. The average molecular weight is 215 g/mol. The standard InChI is InChI=1S/C14H17NO/c1-3-13-14-11(8-9-16-13)10-6-4-5-7-12(10)15(14)2/h4-7,13H,3,8-9H2,1-2H3. The Bertz CT molecular complexity index is 527. The molecule has 1 atom stereocenters. The van der Waals surface area contributed by atoms with Crippen molar-refractivity contribution < 1.29 is 4.74 Å². The first-order chi connectivity index (χ1) is 7.83. The third-order valence-corrected chi connectivity index (χ3v) is 3.61. The number of rotatable bonds is 1. The second-order valence-electron chi connectivity index (χ2n) is 4.46. The van der Waals surface area contributed by atoms with E-state index in [0.29, 0.717) is 0 Å². The summed E-state index contributed by atoms with van der Waals surface area (Å²) in [6.07, 6.45) is 2.38. The van der Waals surface area contributed by atoms with Gasteiger partial charge in [-0.25, -0.2) is 0 Å². The topological polar surface area (TPSA) is 14.2 Å². The zero-order valence-corrected chi connectivity index (χ0v) is 9.86. The number of para-hydroxylation sites is 1. The maximum absolute atomic E-state index is 5.84. The van der Waals surface area contributed by atoms with Gasteiger partial charge >= 0.3 is 0 Å². The average Bonchev–Trinajstić information content (AvgIpc) is 2.64. The monoisotopic (exact) mass is 215 g/mol. The Kier molecular flexibility index (Phi) is 2.25. The minimum Gasteiger partial charge on any atom is -0.372 e. The molecular formula is C14H17NO. The molecule has 0 spiro atoms. The molecule has 0 N–H and O–H groups in total. The predicted octanol–water partition coefficient (Wildman–Crippen LogP) is 3.20. The van der Waals surface area contributed by atoms with Crippen LogP contribution in [0.4, 0.5) is 0 Å². The van der Waals surface area contributed by atoms with Gasteiger partial charge in [-0.1, -0.05) is 25.1 Å². The molecular weight excluding hydrogens is 198 g/mol. The zero-order chi connectivity index (χ0) is 11.1. The Balaban J connectivity index is 2.33. The molecule has 1 aliphatic heterocycles. The van der Waals surface area contributed by atoms with Gasteiger partial charge < -0.3 is 9.30 Å². The van der Waals surface area contributed by atoms with Crippen LogP contribution in [0.25, 0.3) is 10.9 Å². The molecule has 0 aliphatic carbocycles. The number of aryl methyl sites for hydroxylation is 1. The predicted molar refractivity (Wildman–Crippen MR) is 65.6 cm³/mol. The second-order valence-corrected chi connectivity index (χ2v) is 4.46. The van der Waals surface area contributed by atoms with Crippen molar-refractivity contribution in [3.8, 4) is 0 Å². The van der Waals surface area contributed by atoms with Crippen LogP contribution in [0.5, 0.6) is 0 Å². The van der Waals surface area contributed by atoms with Crippen molar-refractivity contribution in [3.05, 3.63) is 35.5 Å². The van der Waals surface area contributed by atoms with Crippen LogP contribution in [-0.2, 0) is 18.2 Å². The van der Waals surface area contributed by atoms with Crippen LogP contribution in [0.1, 0.15) is 30.7 Å². The van der Waals surface area contributed by atoms with E-state index in [1.807, 2.05) is 0 Å². The van der Waals surface area contributed by atoms with E-state index in [2.05, 4.69) is 42.8 Å². The summed E-state index contributed by atoms with van der Waals surface area (Å²) in [7, 11) is 2.15. The van der Waals surface area contributed by atoms with Crippen LogP contribution >= 0.6 is 0 Å². The summed E-state index contributed by atoms with van der Waals surface area (Å²) in [6, 6.07) is 8.65. The normalized spacial score (nSPS) is 20.0. The molecule has 0 amide bonds. The summed E-state index contributed by atoms with van der Waals surface area (Å²) in [5.41, 5.74) is 4.21. The Labute approximate surface area is 95.8 Å². The van der Waals surface area contributed by atoms with Crippen LogP contribution in [-0.4, -0.2) is 11.2 Å². The fourth-order valence-electron chi connectivity index (χ4n) is 2.86. The van der Waals surface area contributed by atoms with Gasteiger partial charge in [0.05, 0.1) is 18.4 Å². The first kappa shape index (κ1) is 9.91. The molecule has 0 fully saturated rings. The molecule has 2 heterocycles. The van der Waals surface area contributed by atoms with Crippen LogP contribution < -0.4 is 0 Å². The Morgan fingerprint density at radius 2 is 2.19 bits per heavy atom. The van der Waals surface area contributed by atoms with Crippen LogP contribution in [0.2, 0.25) is 0 Å². The van der Waals surface area contributed by atoms with Crippen molar-refractivity contribution in [3.63, 3.8) is 0 Å². The number of ether oxygens (including phenoxy) is 1. The molecule has 1 aromatic heterocycles. The minimum absolute atomic E-state index is 0.279. The smallest absolute Gasteiger partial charge is 0.0975 e. The highest BCUT2D eigenvalue weighted by atomic mass is 16.5. The van der Waals surface area contributed by atoms with E-state index in [9.17, 15) is 0 Å². The van der Waals surface area contributed by atoms with E-state index in [1.165, 1.54) is 22.2 Å². The molecule has 2 aromatic rings. The summed E-state index contributed by atoms with van der Waals surface area (Å²) in [5.74, 6) is 0. The molecule has 84 valence electrons. The van der Waals surface area contributed by atoms with E-state index < -0.39 is 0 Å². The minimum atomic E-state index is 0.279. The van der Waals surface area contributed by atoms with Gasteiger partial charge in [0.25, 0.3) is 0 Å². The van der Waals surface area contributed by atoms with E-state index in [-0.39, 0.29) is 6.10 Å². The Morgan fingerprint density at radius 1 is 1.38 bits per heavy atom. The van der Waals surface area contributed by atoms with Gasteiger partial charge in [-0.05, 0) is 24.5 Å². The fraction of sp³-hybridized carbons (Fsp3) is 0.429. The van der Waals surface area contributed by atoms with Crippen molar-refractivity contribution in [2.45, 2.75) is 25.9 Å². The lowest BCUT2D eigenvalue weighted by molar-refractivity contribution is 0.0353. The van der Waals surface area contributed by atoms with Crippen molar-refractivity contribution >= 4 is 10.9 Å². The Hall–Kier alpha value is -1.28. The van der Waals surface area contributed by atoms with Crippen molar-refractivity contribution in [2.24, 2.45) is 7.05 Å². The number of nitrogens with zero attached hydrogens (tertiary/aromatic N) is 1. The quantitative estimate of drug-likeness (QED) is 0.712. The number of aromatic nitrogens is 1. The molecule has 1 aromatic carbocycles. The lowest BCUT2D eigenvalue weighted by Crippen LogP contribution is -2.17. The SMILES string of the molecule is CCC1OCCc2c1n(C)c1ccccc21. The highest BCUT2D eigenvalue weighted by Crippen LogP contribution is 2.36. The largest absolute Gasteiger partial charge is 0.372 e. The van der Waals surface area contributed by atoms with E-state index in [1.54, 1.807) is 0 Å². The first-order valence-electron chi connectivity index (χ1n) is 6.00. The van der Waals surface area contributed by atoms with E-state index >= 15 is 0 Å². The molecule has 1 unspecified atom stereocenters. The molecule has 2 nitrogen and oxygen atoms in total. The zero-order valence-electron chi connectivity index (χ0n) is 9.86.